The van der Waals surface area contributed by atoms with Crippen LogP contribution in [0.4, 0.5) is 0 Å². The summed E-state index contributed by atoms with van der Waals surface area (Å²) < 4.78 is 21.0. The molecule has 0 aromatic heterocycles. The third-order valence-corrected chi connectivity index (χ3v) is 4.55. The van der Waals surface area contributed by atoms with E-state index in [2.05, 4.69) is 5.32 Å². The fraction of sp³-hybridized carbons (Fsp3) is 0.579. The van der Waals surface area contributed by atoms with Gasteiger partial charge in [-0.15, -0.1) is 0 Å². The second kappa shape index (κ2) is 9.89. The van der Waals surface area contributed by atoms with Crippen LogP contribution in [0, 0.1) is 5.92 Å². The van der Waals surface area contributed by atoms with Crippen molar-refractivity contribution in [1.29, 1.82) is 0 Å². The molecule has 1 saturated carbocycles. The number of benzene rings is 1. The first-order valence-corrected chi connectivity index (χ1v) is 8.81. The van der Waals surface area contributed by atoms with Crippen molar-refractivity contribution < 1.29 is 28.5 Å². The summed E-state index contributed by atoms with van der Waals surface area (Å²) in [6.07, 6.45) is 4.96. The lowest BCUT2D eigenvalue weighted by molar-refractivity contribution is -0.153. The van der Waals surface area contributed by atoms with Crippen LogP contribution in [0.5, 0.6) is 17.2 Å². The maximum Gasteiger partial charge on any atom is 0.309 e. The van der Waals surface area contributed by atoms with Gasteiger partial charge in [0.05, 0.1) is 27.2 Å². The van der Waals surface area contributed by atoms with E-state index in [1.54, 1.807) is 26.4 Å². The summed E-state index contributed by atoms with van der Waals surface area (Å²) in [5.74, 6) is 0.960. The van der Waals surface area contributed by atoms with E-state index < -0.39 is 0 Å². The van der Waals surface area contributed by atoms with Gasteiger partial charge in [-0.1, -0.05) is 19.3 Å². The van der Waals surface area contributed by atoms with Gasteiger partial charge in [0.2, 0.25) is 0 Å². The van der Waals surface area contributed by atoms with E-state index in [0.29, 0.717) is 17.2 Å². The molecule has 1 N–H and O–H groups in total. The van der Waals surface area contributed by atoms with Crippen LogP contribution in [0.25, 0.3) is 0 Å². The largest absolute Gasteiger partial charge is 0.496 e. The summed E-state index contributed by atoms with van der Waals surface area (Å²) in [5.41, 5.74) is 0.733. The van der Waals surface area contributed by atoms with Gasteiger partial charge in [0.15, 0.2) is 18.1 Å². The normalized spacial score (nSPS) is 14.4. The zero-order valence-corrected chi connectivity index (χ0v) is 15.6. The first kappa shape index (κ1) is 19.9. The Balaban J connectivity index is 1.87. The number of hydrogen-bond acceptors (Lipinski definition) is 6. The molecule has 0 bridgehead atoms. The summed E-state index contributed by atoms with van der Waals surface area (Å²) >= 11 is 0. The van der Waals surface area contributed by atoms with E-state index in [1.165, 1.54) is 7.11 Å². The average molecular weight is 365 g/mol. The molecular weight excluding hydrogens is 338 g/mol. The molecule has 1 aromatic rings. The van der Waals surface area contributed by atoms with Crippen molar-refractivity contribution in [3.8, 4) is 17.2 Å². The quantitative estimate of drug-likeness (QED) is 0.713. The number of carbonyl (C=O) groups excluding carboxylic acids is 2. The monoisotopic (exact) mass is 365 g/mol. The Morgan fingerprint density at radius 1 is 0.962 bits per heavy atom. The predicted molar refractivity (Wildman–Crippen MR) is 95.5 cm³/mol. The third kappa shape index (κ3) is 5.28. The topological polar surface area (TPSA) is 83.1 Å². The molecule has 0 radical (unpaired) electrons. The Morgan fingerprint density at radius 3 is 2.19 bits per heavy atom. The van der Waals surface area contributed by atoms with Crippen LogP contribution in [0.2, 0.25) is 0 Å². The molecule has 1 aromatic carbocycles. The lowest BCUT2D eigenvalue weighted by Gasteiger charge is -2.19. The van der Waals surface area contributed by atoms with Crippen LogP contribution in [0.15, 0.2) is 12.1 Å². The smallest absolute Gasteiger partial charge is 0.309 e. The minimum absolute atomic E-state index is 0.0671. The number of carbonyl (C=O) groups is 2. The van der Waals surface area contributed by atoms with E-state index in [0.717, 1.165) is 37.7 Å². The van der Waals surface area contributed by atoms with E-state index in [1.807, 2.05) is 0 Å². The van der Waals surface area contributed by atoms with Gasteiger partial charge in [-0.3, -0.25) is 9.59 Å². The van der Waals surface area contributed by atoms with Crippen molar-refractivity contribution in [2.45, 2.75) is 38.6 Å². The highest BCUT2D eigenvalue weighted by Gasteiger charge is 2.23. The molecule has 0 atom stereocenters. The van der Waals surface area contributed by atoms with E-state index in [-0.39, 0.29) is 30.9 Å². The average Bonchev–Trinajstić information content (AvgIpc) is 2.70. The number of esters is 1. The Morgan fingerprint density at radius 2 is 1.58 bits per heavy atom. The van der Waals surface area contributed by atoms with Gasteiger partial charge in [0, 0.05) is 18.2 Å². The van der Waals surface area contributed by atoms with Gasteiger partial charge in [0.25, 0.3) is 5.91 Å². The summed E-state index contributed by atoms with van der Waals surface area (Å²) in [6.45, 7) is -0.0473. The molecule has 26 heavy (non-hydrogen) atoms. The highest BCUT2D eigenvalue weighted by molar-refractivity contribution is 5.81. The molecule has 0 saturated heterocycles. The van der Waals surface area contributed by atoms with Crippen LogP contribution in [0.1, 0.15) is 37.7 Å². The second-order valence-corrected chi connectivity index (χ2v) is 6.24. The Kier molecular flexibility index (Phi) is 7.56. The first-order chi connectivity index (χ1) is 12.6. The number of methoxy groups -OCH3 is 3. The number of nitrogens with one attached hydrogen (secondary N) is 1. The van der Waals surface area contributed by atoms with Crippen molar-refractivity contribution in [3.63, 3.8) is 0 Å². The van der Waals surface area contributed by atoms with Crippen molar-refractivity contribution in [2.75, 3.05) is 27.9 Å². The minimum Gasteiger partial charge on any atom is -0.496 e. The molecule has 0 unspecified atom stereocenters. The standard InChI is InChI=1S/C19H27NO6/c1-23-15-10-17(25-3)16(24-2)9-14(15)11-20-18(21)12-26-19(22)13-7-5-4-6-8-13/h9-10,13H,4-8,11-12H2,1-3H3,(H,20,21). The molecule has 0 spiro atoms. The first-order valence-electron chi connectivity index (χ1n) is 8.81. The maximum absolute atomic E-state index is 12.0. The fourth-order valence-electron chi connectivity index (χ4n) is 3.07. The van der Waals surface area contributed by atoms with Crippen molar-refractivity contribution in [2.24, 2.45) is 5.92 Å². The second-order valence-electron chi connectivity index (χ2n) is 6.24. The molecule has 1 amide bonds. The summed E-state index contributed by atoms with van der Waals surface area (Å²) in [4.78, 5) is 24.0. The minimum atomic E-state index is -0.356. The highest BCUT2D eigenvalue weighted by atomic mass is 16.5. The summed E-state index contributed by atoms with van der Waals surface area (Å²) in [7, 11) is 4.62. The molecule has 7 nitrogen and oxygen atoms in total. The number of hydrogen-bond donors (Lipinski definition) is 1. The van der Waals surface area contributed by atoms with Gasteiger partial charge in [0.1, 0.15) is 5.75 Å². The van der Waals surface area contributed by atoms with Crippen molar-refractivity contribution in [1.82, 2.24) is 5.32 Å². The molecular formula is C19H27NO6. The highest BCUT2D eigenvalue weighted by Crippen LogP contribution is 2.34. The van der Waals surface area contributed by atoms with E-state index in [9.17, 15) is 9.59 Å². The number of ether oxygens (including phenoxy) is 4. The van der Waals surface area contributed by atoms with Crippen LogP contribution in [0.3, 0.4) is 0 Å². The van der Waals surface area contributed by atoms with Gasteiger partial charge in [-0.05, 0) is 18.9 Å². The zero-order chi connectivity index (χ0) is 18.9. The summed E-state index contributed by atoms with van der Waals surface area (Å²) in [6, 6.07) is 3.44. The van der Waals surface area contributed by atoms with E-state index >= 15 is 0 Å². The molecule has 1 fully saturated rings. The van der Waals surface area contributed by atoms with E-state index in [4.69, 9.17) is 18.9 Å². The zero-order valence-electron chi connectivity index (χ0n) is 15.6. The lowest BCUT2D eigenvalue weighted by Crippen LogP contribution is -2.30. The van der Waals surface area contributed by atoms with Gasteiger partial charge < -0.3 is 24.3 Å². The molecule has 0 heterocycles. The summed E-state index contributed by atoms with van der Waals surface area (Å²) in [5, 5.41) is 2.73. The Hall–Kier alpha value is -2.44. The maximum atomic E-state index is 12.0. The third-order valence-electron chi connectivity index (χ3n) is 4.55. The van der Waals surface area contributed by atoms with Crippen LogP contribution in [-0.4, -0.2) is 39.8 Å². The van der Waals surface area contributed by atoms with Crippen LogP contribution >= 0.6 is 0 Å². The van der Waals surface area contributed by atoms with Crippen molar-refractivity contribution in [3.05, 3.63) is 17.7 Å². The Bertz CT molecular complexity index is 625. The van der Waals surface area contributed by atoms with Gasteiger partial charge >= 0.3 is 5.97 Å². The lowest BCUT2D eigenvalue weighted by atomic mass is 9.89. The van der Waals surface area contributed by atoms with Crippen LogP contribution < -0.4 is 19.5 Å². The number of amides is 1. The predicted octanol–water partition coefficient (Wildman–Crippen LogP) is 2.45. The molecule has 1 aliphatic carbocycles. The van der Waals surface area contributed by atoms with Crippen LogP contribution in [-0.2, 0) is 20.9 Å². The molecule has 1 aliphatic rings. The van der Waals surface area contributed by atoms with Gasteiger partial charge in [-0.2, -0.15) is 0 Å². The molecule has 7 heteroatoms. The molecule has 144 valence electrons. The number of rotatable bonds is 8. The Labute approximate surface area is 153 Å². The fourth-order valence-corrected chi connectivity index (χ4v) is 3.07. The molecule has 2 rings (SSSR count). The van der Waals surface area contributed by atoms with Gasteiger partial charge in [-0.25, -0.2) is 0 Å². The SMILES string of the molecule is COc1cc(OC)c(OC)cc1CNC(=O)COC(=O)C1CCCCC1. The van der Waals surface area contributed by atoms with Crippen molar-refractivity contribution >= 4 is 11.9 Å². The molecule has 0 aliphatic heterocycles.